The van der Waals surface area contributed by atoms with E-state index in [0.29, 0.717) is 24.4 Å². The van der Waals surface area contributed by atoms with Crippen LogP contribution in [0.2, 0.25) is 0 Å². The van der Waals surface area contributed by atoms with Gasteiger partial charge >= 0.3 is 5.97 Å². The molecule has 4 heteroatoms. The van der Waals surface area contributed by atoms with E-state index in [1.54, 1.807) is 0 Å². The molecule has 0 heterocycles. The first-order valence-corrected chi connectivity index (χ1v) is 4.28. The molecule has 0 aromatic carbocycles. The number of rotatable bonds is 6. The number of hydrogen-bond donors (Lipinski definition) is 0. The standard InChI is InChI=1S/C9H18NO3/c1-5-9(11)12-8-7-10(3,4)13-6-2/h5H,1,6-8H2,2-4H3/q+1. The van der Waals surface area contributed by atoms with E-state index in [2.05, 4.69) is 6.58 Å². The van der Waals surface area contributed by atoms with Crippen molar-refractivity contribution in [3.8, 4) is 0 Å². The van der Waals surface area contributed by atoms with Gasteiger partial charge in [-0.25, -0.2) is 9.63 Å². The number of hydrogen-bond acceptors (Lipinski definition) is 3. The molecule has 0 N–H and O–H groups in total. The van der Waals surface area contributed by atoms with Crippen LogP contribution < -0.4 is 0 Å². The Morgan fingerprint density at radius 2 is 2.15 bits per heavy atom. The normalized spacial score (nSPS) is 11.0. The number of nitrogens with zero attached hydrogens (tertiary/aromatic N) is 1. The van der Waals surface area contributed by atoms with Gasteiger partial charge in [0, 0.05) is 6.08 Å². The predicted molar refractivity (Wildman–Crippen MR) is 49.8 cm³/mol. The Balaban J connectivity index is 3.62. The van der Waals surface area contributed by atoms with Crippen molar-refractivity contribution in [2.75, 3.05) is 33.9 Å². The van der Waals surface area contributed by atoms with Gasteiger partial charge in [0.1, 0.15) is 19.8 Å². The Hall–Kier alpha value is -0.870. The summed E-state index contributed by atoms with van der Waals surface area (Å²) < 4.78 is 5.21. The number of esters is 1. The van der Waals surface area contributed by atoms with E-state index < -0.39 is 5.97 Å². The van der Waals surface area contributed by atoms with Gasteiger partial charge in [-0.2, -0.15) is 4.65 Å². The molecule has 0 radical (unpaired) electrons. The second kappa shape index (κ2) is 5.72. The third-order valence-corrected chi connectivity index (χ3v) is 1.52. The van der Waals surface area contributed by atoms with E-state index in [-0.39, 0.29) is 0 Å². The summed E-state index contributed by atoms with van der Waals surface area (Å²) in [5, 5.41) is 0. The van der Waals surface area contributed by atoms with Crippen molar-refractivity contribution in [1.29, 1.82) is 0 Å². The fourth-order valence-corrected chi connectivity index (χ4v) is 0.839. The van der Waals surface area contributed by atoms with E-state index in [9.17, 15) is 4.79 Å². The summed E-state index contributed by atoms with van der Waals surface area (Å²) in [6.07, 6.45) is 1.15. The second-order valence-corrected chi connectivity index (χ2v) is 3.09. The molecule has 0 unspecified atom stereocenters. The van der Waals surface area contributed by atoms with Gasteiger partial charge in [-0.3, -0.25) is 0 Å². The zero-order valence-corrected chi connectivity index (χ0v) is 8.58. The largest absolute Gasteiger partial charge is 0.456 e. The van der Waals surface area contributed by atoms with Crippen LogP contribution in [0.5, 0.6) is 0 Å². The average molecular weight is 188 g/mol. The third kappa shape index (κ3) is 6.31. The Labute approximate surface area is 79.3 Å². The predicted octanol–water partition coefficient (Wildman–Crippen LogP) is 0.744. The lowest BCUT2D eigenvalue weighted by atomic mass is 10.6. The van der Waals surface area contributed by atoms with Crippen LogP contribution in [0.4, 0.5) is 0 Å². The molecule has 0 aromatic heterocycles. The van der Waals surface area contributed by atoms with Gasteiger partial charge in [0.2, 0.25) is 0 Å². The molecule has 0 spiro atoms. The van der Waals surface area contributed by atoms with Crippen molar-refractivity contribution < 1.29 is 19.0 Å². The van der Waals surface area contributed by atoms with Crippen LogP contribution in [0.1, 0.15) is 6.92 Å². The lowest BCUT2D eigenvalue weighted by molar-refractivity contribution is -1.08. The van der Waals surface area contributed by atoms with Gasteiger partial charge in [-0.05, 0) is 6.92 Å². The molecule has 0 aliphatic heterocycles. The first kappa shape index (κ1) is 12.1. The number of carbonyl (C=O) groups is 1. The summed E-state index contributed by atoms with van der Waals surface area (Å²) >= 11 is 0. The van der Waals surface area contributed by atoms with Crippen LogP contribution in [0.3, 0.4) is 0 Å². The van der Waals surface area contributed by atoms with E-state index in [1.165, 1.54) is 0 Å². The fraction of sp³-hybridized carbons (Fsp3) is 0.667. The molecule has 0 bridgehead atoms. The number of hydroxylamine groups is 3. The van der Waals surface area contributed by atoms with Crippen molar-refractivity contribution in [2.24, 2.45) is 0 Å². The van der Waals surface area contributed by atoms with Gasteiger partial charge in [-0.1, -0.05) is 6.58 Å². The SMILES string of the molecule is C=CC(=O)OCC[N+](C)(C)OCC. The van der Waals surface area contributed by atoms with Crippen LogP contribution in [0.25, 0.3) is 0 Å². The number of quaternary nitrogens is 1. The molecular formula is C9H18NO3+. The highest BCUT2D eigenvalue weighted by atomic mass is 16.7. The van der Waals surface area contributed by atoms with Gasteiger partial charge in [0.25, 0.3) is 0 Å². The molecule has 13 heavy (non-hydrogen) atoms. The highest BCUT2D eigenvalue weighted by molar-refractivity contribution is 5.81. The average Bonchev–Trinajstić information content (AvgIpc) is 2.03. The number of ether oxygens (including phenoxy) is 1. The minimum absolute atomic E-state index is 0.345. The van der Waals surface area contributed by atoms with Crippen molar-refractivity contribution in [2.45, 2.75) is 6.92 Å². The third-order valence-electron chi connectivity index (χ3n) is 1.52. The molecule has 0 fully saturated rings. The Morgan fingerprint density at radius 1 is 1.54 bits per heavy atom. The van der Waals surface area contributed by atoms with Crippen LogP contribution in [-0.2, 0) is 14.4 Å². The van der Waals surface area contributed by atoms with Crippen molar-refractivity contribution in [3.63, 3.8) is 0 Å². The number of likely N-dealkylation sites (N-methyl/N-ethyl adjacent to an activating group) is 1. The highest BCUT2D eigenvalue weighted by Gasteiger charge is 2.15. The summed E-state index contributed by atoms with van der Waals surface area (Å²) in [6, 6.07) is 0. The Morgan fingerprint density at radius 3 is 2.62 bits per heavy atom. The molecule has 76 valence electrons. The minimum Gasteiger partial charge on any atom is -0.456 e. The molecule has 0 aromatic rings. The van der Waals surface area contributed by atoms with Gasteiger partial charge in [-0.15, -0.1) is 0 Å². The Kier molecular flexibility index (Phi) is 5.34. The molecule has 4 nitrogen and oxygen atoms in total. The van der Waals surface area contributed by atoms with Crippen LogP contribution >= 0.6 is 0 Å². The van der Waals surface area contributed by atoms with E-state index in [1.807, 2.05) is 21.0 Å². The smallest absolute Gasteiger partial charge is 0.330 e. The summed E-state index contributed by atoms with van der Waals surface area (Å²) in [5.41, 5.74) is 0. The summed E-state index contributed by atoms with van der Waals surface area (Å²) in [4.78, 5) is 16.0. The monoisotopic (exact) mass is 188 g/mol. The van der Waals surface area contributed by atoms with Crippen molar-refractivity contribution in [1.82, 2.24) is 0 Å². The summed E-state index contributed by atoms with van der Waals surface area (Å²) in [6.45, 7) is 6.85. The van der Waals surface area contributed by atoms with Crippen LogP contribution in [-0.4, -0.2) is 44.5 Å². The minimum atomic E-state index is -0.392. The van der Waals surface area contributed by atoms with Gasteiger partial charge < -0.3 is 4.74 Å². The molecule has 0 saturated heterocycles. The molecule has 0 amide bonds. The molecule has 0 atom stereocenters. The topological polar surface area (TPSA) is 35.5 Å². The lowest BCUT2D eigenvalue weighted by Gasteiger charge is -2.25. The molecular weight excluding hydrogens is 170 g/mol. The summed E-state index contributed by atoms with van der Waals surface area (Å²) in [5.74, 6) is -0.392. The first-order valence-electron chi connectivity index (χ1n) is 4.28. The molecule has 0 saturated carbocycles. The number of carbonyl (C=O) groups excluding carboxylic acids is 1. The fourth-order valence-electron chi connectivity index (χ4n) is 0.839. The van der Waals surface area contributed by atoms with Crippen LogP contribution in [0, 0.1) is 0 Å². The zero-order chi connectivity index (χ0) is 10.3. The van der Waals surface area contributed by atoms with Crippen molar-refractivity contribution >= 4 is 5.97 Å². The molecule has 0 aliphatic rings. The zero-order valence-electron chi connectivity index (χ0n) is 8.58. The first-order chi connectivity index (χ1) is 6.02. The lowest BCUT2D eigenvalue weighted by Crippen LogP contribution is -2.42. The van der Waals surface area contributed by atoms with Gasteiger partial charge in [0.15, 0.2) is 0 Å². The maximum Gasteiger partial charge on any atom is 0.330 e. The van der Waals surface area contributed by atoms with Crippen molar-refractivity contribution in [3.05, 3.63) is 12.7 Å². The van der Waals surface area contributed by atoms with E-state index in [0.717, 1.165) is 6.08 Å². The van der Waals surface area contributed by atoms with Crippen LogP contribution in [0.15, 0.2) is 12.7 Å². The highest BCUT2D eigenvalue weighted by Crippen LogP contribution is 1.98. The van der Waals surface area contributed by atoms with E-state index >= 15 is 0 Å². The summed E-state index contributed by atoms with van der Waals surface area (Å²) in [7, 11) is 3.82. The molecule has 0 rings (SSSR count). The maximum atomic E-state index is 10.7. The second-order valence-electron chi connectivity index (χ2n) is 3.09. The maximum absolute atomic E-state index is 10.7. The van der Waals surface area contributed by atoms with Gasteiger partial charge in [0.05, 0.1) is 14.1 Å². The Bertz CT molecular complexity index is 178. The molecule has 0 aliphatic carbocycles. The quantitative estimate of drug-likeness (QED) is 0.267. The van der Waals surface area contributed by atoms with E-state index in [4.69, 9.17) is 9.57 Å².